The molecule has 0 unspecified atom stereocenters. The van der Waals surface area contributed by atoms with Crippen molar-refractivity contribution in [1.82, 2.24) is 4.90 Å². The first-order valence-electron chi connectivity index (χ1n) is 6.47. The highest BCUT2D eigenvalue weighted by Gasteiger charge is 2.10. The third kappa shape index (κ3) is 5.56. The summed E-state index contributed by atoms with van der Waals surface area (Å²) >= 11 is 6.02. The first-order chi connectivity index (χ1) is 7.99. The van der Waals surface area contributed by atoms with Gasteiger partial charge in [0.2, 0.25) is 0 Å². The van der Waals surface area contributed by atoms with Crippen molar-refractivity contribution in [2.75, 3.05) is 6.54 Å². The molecule has 1 rings (SSSR count). The van der Waals surface area contributed by atoms with Crippen LogP contribution in [0.25, 0.3) is 0 Å². The molecule has 0 aromatic heterocycles. The van der Waals surface area contributed by atoms with Crippen molar-refractivity contribution < 1.29 is 0 Å². The highest BCUT2D eigenvalue weighted by molar-refractivity contribution is 6.30. The van der Waals surface area contributed by atoms with Crippen LogP contribution in [0.3, 0.4) is 0 Å². The Morgan fingerprint density at radius 2 is 1.88 bits per heavy atom. The van der Waals surface area contributed by atoms with Gasteiger partial charge in [-0.15, -0.1) is 0 Å². The Kier molecular flexibility index (Phi) is 6.01. The van der Waals surface area contributed by atoms with Crippen LogP contribution in [0.1, 0.15) is 39.7 Å². The van der Waals surface area contributed by atoms with E-state index in [1.807, 2.05) is 12.1 Å². The maximum Gasteiger partial charge on any atom is 0.0409 e. The van der Waals surface area contributed by atoms with Crippen LogP contribution in [0.4, 0.5) is 0 Å². The van der Waals surface area contributed by atoms with Gasteiger partial charge in [-0.05, 0) is 50.4 Å². The molecule has 0 aliphatic heterocycles. The van der Waals surface area contributed by atoms with Gasteiger partial charge < -0.3 is 0 Å². The summed E-state index contributed by atoms with van der Waals surface area (Å²) in [6.45, 7) is 11.2. The van der Waals surface area contributed by atoms with Crippen LogP contribution < -0.4 is 0 Å². The monoisotopic (exact) mass is 253 g/mol. The van der Waals surface area contributed by atoms with Gasteiger partial charge in [-0.25, -0.2) is 0 Å². The molecular weight excluding hydrogens is 230 g/mol. The third-order valence-corrected chi connectivity index (χ3v) is 3.23. The highest BCUT2D eigenvalue weighted by Crippen LogP contribution is 2.15. The number of hydrogen-bond acceptors (Lipinski definition) is 1. The van der Waals surface area contributed by atoms with Crippen LogP contribution in [-0.2, 0) is 6.54 Å². The Morgan fingerprint density at radius 1 is 1.18 bits per heavy atom. The van der Waals surface area contributed by atoms with E-state index in [9.17, 15) is 0 Å². The molecule has 0 radical (unpaired) electrons. The Morgan fingerprint density at radius 3 is 2.41 bits per heavy atom. The summed E-state index contributed by atoms with van der Waals surface area (Å²) in [5.41, 5.74) is 1.30. The summed E-state index contributed by atoms with van der Waals surface area (Å²) in [7, 11) is 0. The molecule has 0 amide bonds. The fraction of sp³-hybridized carbons (Fsp3) is 0.600. The first kappa shape index (κ1) is 14.5. The summed E-state index contributed by atoms with van der Waals surface area (Å²) < 4.78 is 0. The number of rotatable bonds is 6. The van der Waals surface area contributed by atoms with Crippen molar-refractivity contribution in [1.29, 1.82) is 0 Å². The minimum Gasteiger partial charge on any atom is -0.297 e. The van der Waals surface area contributed by atoms with E-state index in [-0.39, 0.29) is 0 Å². The van der Waals surface area contributed by atoms with Crippen molar-refractivity contribution in [2.24, 2.45) is 5.92 Å². The molecule has 1 aromatic carbocycles. The van der Waals surface area contributed by atoms with Crippen molar-refractivity contribution in [3.63, 3.8) is 0 Å². The zero-order valence-electron chi connectivity index (χ0n) is 11.4. The molecule has 0 atom stereocenters. The van der Waals surface area contributed by atoms with Gasteiger partial charge in [0, 0.05) is 17.6 Å². The molecule has 0 fully saturated rings. The standard InChI is InChI=1S/C15H24ClN/c1-12(2)8-9-17(13(3)4)11-14-6-5-7-15(16)10-14/h5-7,10,12-13H,8-9,11H2,1-4H3. The summed E-state index contributed by atoms with van der Waals surface area (Å²) in [6.07, 6.45) is 1.25. The van der Waals surface area contributed by atoms with Crippen LogP contribution >= 0.6 is 11.6 Å². The summed E-state index contributed by atoms with van der Waals surface area (Å²) in [4.78, 5) is 2.51. The average molecular weight is 254 g/mol. The van der Waals surface area contributed by atoms with Gasteiger partial charge in [-0.2, -0.15) is 0 Å². The number of benzene rings is 1. The lowest BCUT2D eigenvalue weighted by molar-refractivity contribution is 0.201. The molecule has 96 valence electrons. The van der Waals surface area contributed by atoms with E-state index >= 15 is 0 Å². The second-order valence-corrected chi connectivity index (χ2v) is 5.81. The molecule has 17 heavy (non-hydrogen) atoms. The molecule has 0 spiro atoms. The van der Waals surface area contributed by atoms with Crippen molar-refractivity contribution in [3.8, 4) is 0 Å². The Hall–Kier alpha value is -0.530. The normalized spacial score (nSPS) is 11.8. The average Bonchev–Trinajstić information content (AvgIpc) is 2.23. The van der Waals surface area contributed by atoms with E-state index in [0.29, 0.717) is 6.04 Å². The number of hydrogen-bond donors (Lipinski definition) is 0. The molecule has 0 heterocycles. The van der Waals surface area contributed by atoms with Crippen LogP contribution in [0.15, 0.2) is 24.3 Å². The zero-order valence-corrected chi connectivity index (χ0v) is 12.2. The van der Waals surface area contributed by atoms with Crippen molar-refractivity contribution in [2.45, 2.75) is 46.7 Å². The van der Waals surface area contributed by atoms with E-state index in [2.05, 4.69) is 44.7 Å². The highest BCUT2D eigenvalue weighted by atomic mass is 35.5. The molecule has 0 saturated heterocycles. The van der Waals surface area contributed by atoms with E-state index in [1.54, 1.807) is 0 Å². The summed E-state index contributed by atoms with van der Waals surface area (Å²) in [6, 6.07) is 8.74. The fourth-order valence-corrected chi connectivity index (χ4v) is 2.03. The zero-order chi connectivity index (χ0) is 12.8. The minimum absolute atomic E-state index is 0.577. The lowest BCUT2D eigenvalue weighted by Gasteiger charge is -2.27. The molecule has 0 aliphatic rings. The number of halogens is 1. The summed E-state index contributed by atoms with van der Waals surface area (Å²) in [5.74, 6) is 0.760. The second kappa shape index (κ2) is 7.03. The van der Waals surface area contributed by atoms with Crippen molar-refractivity contribution in [3.05, 3.63) is 34.9 Å². The van der Waals surface area contributed by atoms with E-state index in [0.717, 1.165) is 24.0 Å². The molecule has 1 nitrogen and oxygen atoms in total. The van der Waals surface area contributed by atoms with Gasteiger partial charge in [0.05, 0.1) is 0 Å². The Bertz CT molecular complexity index is 333. The van der Waals surface area contributed by atoms with E-state index in [1.165, 1.54) is 12.0 Å². The van der Waals surface area contributed by atoms with Gasteiger partial charge in [0.15, 0.2) is 0 Å². The second-order valence-electron chi connectivity index (χ2n) is 5.38. The predicted octanol–water partition coefficient (Wildman–Crippen LogP) is 4.60. The maximum atomic E-state index is 6.02. The largest absolute Gasteiger partial charge is 0.297 e. The third-order valence-electron chi connectivity index (χ3n) is 3.00. The molecular formula is C15H24ClN. The number of nitrogens with zero attached hydrogens (tertiary/aromatic N) is 1. The van der Waals surface area contributed by atoms with Crippen molar-refractivity contribution >= 4 is 11.6 Å². The SMILES string of the molecule is CC(C)CCN(Cc1cccc(Cl)c1)C(C)C. The van der Waals surface area contributed by atoms with Gasteiger partial charge in [-0.1, -0.05) is 37.6 Å². The Balaban J connectivity index is 2.60. The fourth-order valence-electron chi connectivity index (χ4n) is 1.81. The van der Waals surface area contributed by atoms with Crippen LogP contribution in [0, 0.1) is 5.92 Å². The maximum absolute atomic E-state index is 6.02. The summed E-state index contributed by atoms with van der Waals surface area (Å²) in [5, 5.41) is 0.829. The lowest BCUT2D eigenvalue weighted by atomic mass is 10.1. The molecule has 0 N–H and O–H groups in total. The smallest absolute Gasteiger partial charge is 0.0409 e. The van der Waals surface area contributed by atoms with Crippen LogP contribution in [0.5, 0.6) is 0 Å². The first-order valence-corrected chi connectivity index (χ1v) is 6.85. The van der Waals surface area contributed by atoms with Gasteiger partial charge in [-0.3, -0.25) is 4.90 Å². The molecule has 0 bridgehead atoms. The lowest BCUT2D eigenvalue weighted by Crippen LogP contribution is -2.31. The minimum atomic E-state index is 0.577. The van der Waals surface area contributed by atoms with E-state index in [4.69, 9.17) is 11.6 Å². The molecule has 2 heteroatoms. The van der Waals surface area contributed by atoms with Gasteiger partial charge >= 0.3 is 0 Å². The van der Waals surface area contributed by atoms with Gasteiger partial charge in [0.25, 0.3) is 0 Å². The quantitative estimate of drug-likeness (QED) is 0.716. The Labute approximate surface area is 111 Å². The molecule has 0 aliphatic carbocycles. The van der Waals surface area contributed by atoms with Crippen LogP contribution in [-0.4, -0.2) is 17.5 Å². The predicted molar refractivity (Wildman–Crippen MR) is 76.5 cm³/mol. The van der Waals surface area contributed by atoms with E-state index < -0.39 is 0 Å². The van der Waals surface area contributed by atoms with Crippen LogP contribution in [0.2, 0.25) is 5.02 Å². The molecule has 1 aromatic rings. The van der Waals surface area contributed by atoms with Gasteiger partial charge in [0.1, 0.15) is 0 Å². The topological polar surface area (TPSA) is 3.24 Å². The molecule has 0 saturated carbocycles.